The van der Waals surface area contributed by atoms with Gasteiger partial charge in [-0.1, -0.05) is 6.07 Å². The molecule has 6 nitrogen and oxygen atoms in total. The van der Waals surface area contributed by atoms with E-state index in [0.717, 1.165) is 11.3 Å². The van der Waals surface area contributed by atoms with Crippen molar-refractivity contribution < 1.29 is 18.0 Å². The zero-order valence-electron chi connectivity index (χ0n) is 14.4. The maximum absolute atomic E-state index is 12.5. The van der Waals surface area contributed by atoms with E-state index in [2.05, 4.69) is 10.3 Å². The van der Waals surface area contributed by atoms with Crippen molar-refractivity contribution in [2.24, 2.45) is 0 Å². The number of pyridine rings is 1. The average molecular weight is 369 g/mol. The lowest BCUT2D eigenvalue weighted by molar-refractivity contribution is -0.145. The van der Waals surface area contributed by atoms with E-state index in [4.69, 9.17) is 0 Å². The summed E-state index contributed by atoms with van der Waals surface area (Å²) >= 11 is 0. The molecule has 0 radical (unpaired) electrons. The Morgan fingerprint density at radius 2 is 2.04 bits per heavy atom. The number of nitrogens with one attached hydrogen (secondary N) is 1. The maximum atomic E-state index is 12.5. The Morgan fingerprint density at radius 3 is 2.81 bits per heavy atom. The van der Waals surface area contributed by atoms with E-state index in [-0.39, 0.29) is 12.6 Å². The molecule has 0 spiro atoms. The normalized spacial score (nSPS) is 16.7. The van der Waals surface area contributed by atoms with E-state index in [1.165, 1.54) is 4.90 Å². The number of hydrogen-bond donors (Lipinski definition) is 1. The fraction of sp³-hybridized carbons (Fsp3) is 0.529. The van der Waals surface area contributed by atoms with Crippen LogP contribution >= 0.6 is 0 Å². The Balaban J connectivity index is 1.44. The fourth-order valence-electron chi connectivity index (χ4n) is 3.10. The molecule has 3 rings (SSSR count). The Labute approximate surface area is 149 Å². The molecular weight excluding hydrogens is 347 g/mol. The summed E-state index contributed by atoms with van der Waals surface area (Å²) in [6, 6.07) is 5.51. The van der Waals surface area contributed by atoms with Crippen LogP contribution in [-0.2, 0) is 6.42 Å². The molecule has 0 aliphatic carbocycles. The SMILES string of the molecule is O=C(NCCc1cn2ccccc2n1)N1CCCN(CC(F)(F)F)CC1. The van der Waals surface area contributed by atoms with Gasteiger partial charge in [0.1, 0.15) is 5.65 Å². The van der Waals surface area contributed by atoms with Crippen LogP contribution in [0.25, 0.3) is 5.65 Å². The Kier molecular flexibility index (Phi) is 5.65. The van der Waals surface area contributed by atoms with Gasteiger partial charge in [0.2, 0.25) is 0 Å². The zero-order valence-corrected chi connectivity index (χ0v) is 14.4. The molecule has 1 aliphatic heterocycles. The highest BCUT2D eigenvalue weighted by Crippen LogP contribution is 2.17. The molecule has 142 valence electrons. The lowest BCUT2D eigenvalue weighted by atomic mass is 10.3. The van der Waals surface area contributed by atoms with Gasteiger partial charge >= 0.3 is 12.2 Å². The van der Waals surface area contributed by atoms with E-state index >= 15 is 0 Å². The van der Waals surface area contributed by atoms with Crippen LogP contribution in [0.15, 0.2) is 30.6 Å². The average Bonchev–Trinajstić information content (AvgIpc) is 2.85. The van der Waals surface area contributed by atoms with Gasteiger partial charge in [-0.25, -0.2) is 9.78 Å². The fourth-order valence-corrected chi connectivity index (χ4v) is 3.10. The van der Waals surface area contributed by atoms with Crippen molar-refractivity contribution in [1.29, 1.82) is 0 Å². The number of imidazole rings is 1. The predicted octanol–water partition coefficient (Wildman–Crippen LogP) is 2.16. The Morgan fingerprint density at radius 1 is 1.19 bits per heavy atom. The van der Waals surface area contributed by atoms with Crippen molar-refractivity contribution in [3.8, 4) is 0 Å². The minimum Gasteiger partial charge on any atom is -0.338 e. The van der Waals surface area contributed by atoms with Crippen molar-refractivity contribution >= 4 is 11.7 Å². The number of alkyl halides is 3. The third kappa shape index (κ3) is 5.10. The number of nitrogens with zero attached hydrogens (tertiary/aromatic N) is 4. The summed E-state index contributed by atoms with van der Waals surface area (Å²) in [6.07, 6.45) is 0.764. The van der Waals surface area contributed by atoms with Crippen molar-refractivity contribution in [2.45, 2.75) is 19.0 Å². The van der Waals surface area contributed by atoms with E-state index < -0.39 is 12.7 Å². The standard InChI is InChI=1S/C17H22F3N5O/c18-17(19,20)13-23-7-3-9-24(11-10-23)16(26)21-6-5-14-12-25-8-2-1-4-15(25)22-14/h1-2,4,8,12H,3,5-7,9-11,13H2,(H,21,26). The number of carbonyl (C=O) groups is 1. The molecule has 0 aromatic carbocycles. The van der Waals surface area contributed by atoms with Gasteiger partial charge in [-0.15, -0.1) is 0 Å². The van der Waals surface area contributed by atoms with Crippen molar-refractivity contribution in [2.75, 3.05) is 39.3 Å². The Hall–Kier alpha value is -2.29. The number of halogens is 3. The van der Waals surface area contributed by atoms with Crippen molar-refractivity contribution in [1.82, 2.24) is 24.5 Å². The highest BCUT2D eigenvalue weighted by molar-refractivity contribution is 5.74. The number of fused-ring (bicyclic) bond motifs is 1. The second-order valence-corrected chi connectivity index (χ2v) is 6.41. The molecule has 1 saturated heterocycles. The lowest BCUT2D eigenvalue weighted by Crippen LogP contribution is -2.43. The summed E-state index contributed by atoms with van der Waals surface area (Å²) in [4.78, 5) is 19.7. The molecule has 2 amide bonds. The second-order valence-electron chi connectivity index (χ2n) is 6.41. The van der Waals surface area contributed by atoms with Gasteiger partial charge in [-0.05, 0) is 18.6 Å². The van der Waals surface area contributed by atoms with E-state index in [1.807, 2.05) is 35.0 Å². The first kappa shape index (κ1) is 18.5. The van der Waals surface area contributed by atoms with Gasteiger partial charge in [-0.2, -0.15) is 13.2 Å². The van der Waals surface area contributed by atoms with Gasteiger partial charge in [-0.3, -0.25) is 4.90 Å². The van der Waals surface area contributed by atoms with Crippen LogP contribution in [0.4, 0.5) is 18.0 Å². The molecule has 2 aromatic rings. The zero-order chi connectivity index (χ0) is 18.6. The first-order valence-corrected chi connectivity index (χ1v) is 8.65. The molecule has 2 aromatic heterocycles. The largest absolute Gasteiger partial charge is 0.401 e. The second kappa shape index (κ2) is 7.94. The van der Waals surface area contributed by atoms with Gasteiger partial charge < -0.3 is 14.6 Å². The number of amides is 2. The highest BCUT2D eigenvalue weighted by atomic mass is 19.4. The smallest absolute Gasteiger partial charge is 0.338 e. The van der Waals surface area contributed by atoms with Crippen LogP contribution in [0.2, 0.25) is 0 Å². The molecule has 1 N–H and O–H groups in total. The maximum Gasteiger partial charge on any atom is 0.401 e. The quantitative estimate of drug-likeness (QED) is 0.899. The summed E-state index contributed by atoms with van der Waals surface area (Å²) in [5, 5.41) is 2.83. The topological polar surface area (TPSA) is 52.9 Å². The van der Waals surface area contributed by atoms with Crippen LogP contribution in [-0.4, -0.2) is 70.7 Å². The van der Waals surface area contributed by atoms with Crippen molar-refractivity contribution in [3.63, 3.8) is 0 Å². The minimum absolute atomic E-state index is 0.234. The van der Waals surface area contributed by atoms with Gasteiger partial charge in [0.15, 0.2) is 0 Å². The monoisotopic (exact) mass is 369 g/mol. The van der Waals surface area contributed by atoms with Crippen LogP contribution in [0, 0.1) is 0 Å². The number of urea groups is 1. The number of hydrogen-bond acceptors (Lipinski definition) is 3. The first-order chi connectivity index (χ1) is 12.4. The summed E-state index contributed by atoms with van der Waals surface area (Å²) in [6.45, 7) is 0.872. The van der Waals surface area contributed by atoms with E-state index in [0.29, 0.717) is 39.0 Å². The van der Waals surface area contributed by atoms with Crippen LogP contribution < -0.4 is 5.32 Å². The lowest BCUT2D eigenvalue weighted by Gasteiger charge is -2.23. The Bertz CT molecular complexity index is 712. The molecule has 3 heterocycles. The molecule has 0 atom stereocenters. The number of carbonyl (C=O) groups excluding carboxylic acids is 1. The molecular formula is C17H22F3N5O. The molecule has 26 heavy (non-hydrogen) atoms. The summed E-state index contributed by atoms with van der Waals surface area (Å²) < 4.78 is 39.4. The van der Waals surface area contributed by atoms with E-state index in [9.17, 15) is 18.0 Å². The molecule has 1 aliphatic rings. The van der Waals surface area contributed by atoms with Gasteiger partial charge in [0, 0.05) is 51.5 Å². The predicted molar refractivity (Wildman–Crippen MR) is 91.0 cm³/mol. The van der Waals surface area contributed by atoms with Crippen LogP contribution in [0.1, 0.15) is 12.1 Å². The van der Waals surface area contributed by atoms with Gasteiger partial charge in [0.05, 0.1) is 12.2 Å². The van der Waals surface area contributed by atoms with Crippen LogP contribution in [0.3, 0.4) is 0 Å². The summed E-state index contributed by atoms with van der Waals surface area (Å²) in [7, 11) is 0. The van der Waals surface area contributed by atoms with Crippen LogP contribution in [0.5, 0.6) is 0 Å². The van der Waals surface area contributed by atoms with Crippen molar-refractivity contribution in [3.05, 3.63) is 36.3 Å². The first-order valence-electron chi connectivity index (χ1n) is 8.65. The molecule has 9 heteroatoms. The molecule has 0 unspecified atom stereocenters. The third-order valence-corrected chi connectivity index (χ3v) is 4.35. The molecule has 1 fully saturated rings. The third-order valence-electron chi connectivity index (χ3n) is 4.35. The highest BCUT2D eigenvalue weighted by Gasteiger charge is 2.31. The minimum atomic E-state index is -4.20. The number of aromatic nitrogens is 2. The van der Waals surface area contributed by atoms with Gasteiger partial charge in [0.25, 0.3) is 0 Å². The molecule has 0 bridgehead atoms. The number of rotatable bonds is 4. The molecule has 0 saturated carbocycles. The van der Waals surface area contributed by atoms with E-state index in [1.54, 1.807) is 4.90 Å². The summed E-state index contributed by atoms with van der Waals surface area (Å²) in [5.41, 5.74) is 1.73. The summed E-state index contributed by atoms with van der Waals surface area (Å²) in [5.74, 6) is 0.